The Hall–Kier alpha value is -1.22. The maximum absolute atomic E-state index is 6.51. The molecule has 112 valence electrons. The molecule has 0 radical (unpaired) electrons. The fourth-order valence-corrected chi connectivity index (χ4v) is 3.13. The Labute approximate surface area is 122 Å². The van der Waals surface area contributed by atoms with E-state index in [1.54, 1.807) is 14.2 Å². The van der Waals surface area contributed by atoms with Gasteiger partial charge in [0, 0.05) is 17.7 Å². The van der Waals surface area contributed by atoms with Gasteiger partial charge in [0.05, 0.1) is 14.2 Å². The maximum atomic E-state index is 6.51. The van der Waals surface area contributed by atoms with Gasteiger partial charge in [-0.1, -0.05) is 19.9 Å². The van der Waals surface area contributed by atoms with Crippen molar-refractivity contribution in [2.45, 2.75) is 45.6 Å². The van der Waals surface area contributed by atoms with Crippen LogP contribution in [0.3, 0.4) is 0 Å². The number of hydrogen-bond acceptors (Lipinski definition) is 3. The van der Waals surface area contributed by atoms with Crippen molar-refractivity contribution in [2.75, 3.05) is 14.2 Å². The average molecular weight is 277 g/mol. The molecule has 1 atom stereocenters. The third-order valence-corrected chi connectivity index (χ3v) is 4.69. The van der Waals surface area contributed by atoms with Gasteiger partial charge in [-0.05, 0) is 43.1 Å². The Morgan fingerprint density at radius 1 is 1.15 bits per heavy atom. The zero-order valence-corrected chi connectivity index (χ0v) is 13.1. The molecule has 0 saturated heterocycles. The molecular weight excluding hydrogens is 250 g/mol. The Bertz CT molecular complexity index is 446. The Morgan fingerprint density at radius 3 is 2.35 bits per heavy atom. The van der Waals surface area contributed by atoms with Gasteiger partial charge in [0.25, 0.3) is 0 Å². The highest BCUT2D eigenvalue weighted by atomic mass is 16.5. The highest BCUT2D eigenvalue weighted by Crippen LogP contribution is 2.43. The summed E-state index contributed by atoms with van der Waals surface area (Å²) in [6, 6.07) is 5.97. The number of nitrogens with two attached hydrogens (primary N) is 1. The number of methoxy groups -OCH3 is 2. The molecule has 3 nitrogen and oxygen atoms in total. The van der Waals surface area contributed by atoms with Crippen LogP contribution in [0.1, 0.15) is 51.1 Å². The van der Waals surface area contributed by atoms with E-state index in [0.29, 0.717) is 11.3 Å². The molecule has 2 N–H and O–H groups in total. The largest absolute Gasteiger partial charge is 0.497 e. The fourth-order valence-electron chi connectivity index (χ4n) is 3.13. The molecule has 0 amide bonds. The maximum Gasteiger partial charge on any atom is 0.127 e. The van der Waals surface area contributed by atoms with Crippen molar-refractivity contribution in [1.29, 1.82) is 0 Å². The standard InChI is InChI=1S/C17H27NO2/c1-17(2)9-7-12(8-10-17)16(18)14-6-5-13(19-3)11-15(14)20-4/h5-6,11-12,16H,7-10,18H2,1-4H3. The van der Waals surface area contributed by atoms with Crippen LogP contribution in [-0.4, -0.2) is 14.2 Å². The average Bonchev–Trinajstić information content (AvgIpc) is 2.45. The molecule has 0 spiro atoms. The van der Waals surface area contributed by atoms with Crippen molar-refractivity contribution in [3.05, 3.63) is 23.8 Å². The van der Waals surface area contributed by atoms with E-state index in [0.717, 1.165) is 17.1 Å². The van der Waals surface area contributed by atoms with Gasteiger partial charge >= 0.3 is 0 Å². The minimum absolute atomic E-state index is 0.0481. The number of hydrogen-bond donors (Lipinski definition) is 1. The normalized spacial score (nSPS) is 20.4. The Morgan fingerprint density at radius 2 is 1.80 bits per heavy atom. The highest BCUT2D eigenvalue weighted by molar-refractivity contribution is 5.42. The molecule has 1 unspecified atom stereocenters. The molecule has 0 heterocycles. The second kappa shape index (κ2) is 6.04. The Kier molecular flexibility index (Phi) is 4.59. The van der Waals surface area contributed by atoms with Crippen LogP contribution in [0, 0.1) is 11.3 Å². The van der Waals surface area contributed by atoms with Crippen LogP contribution in [0.15, 0.2) is 18.2 Å². The molecule has 2 rings (SSSR count). The lowest BCUT2D eigenvalue weighted by Gasteiger charge is -2.37. The smallest absolute Gasteiger partial charge is 0.127 e. The van der Waals surface area contributed by atoms with Crippen LogP contribution < -0.4 is 15.2 Å². The van der Waals surface area contributed by atoms with Gasteiger partial charge in [0.15, 0.2) is 0 Å². The van der Waals surface area contributed by atoms with E-state index in [1.807, 2.05) is 18.2 Å². The van der Waals surface area contributed by atoms with Crippen LogP contribution in [0.25, 0.3) is 0 Å². The fraction of sp³-hybridized carbons (Fsp3) is 0.647. The summed E-state index contributed by atoms with van der Waals surface area (Å²) in [5.41, 5.74) is 8.07. The van der Waals surface area contributed by atoms with Crippen molar-refractivity contribution in [3.63, 3.8) is 0 Å². The quantitative estimate of drug-likeness (QED) is 0.907. The second-order valence-electron chi connectivity index (χ2n) is 6.64. The van der Waals surface area contributed by atoms with Gasteiger partial charge in [-0.25, -0.2) is 0 Å². The lowest BCUT2D eigenvalue weighted by Crippen LogP contribution is -2.29. The number of benzene rings is 1. The summed E-state index contributed by atoms with van der Waals surface area (Å²) in [6.45, 7) is 4.70. The van der Waals surface area contributed by atoms with E-state index in [9.17, 15) is 0 Å². The molecular formula is C17H27NO2. The van der Waals surface area contributed by atoms with E-state index in [2.05, 4.69) is 13.8 Å². The topological polar surface area (TPSA) is 44.5 Å². The summed E-state index contributed by atoms with van der Waals surface area (Å²) in [5.74, 6) is 2.19. The summed E-state index contributed by atoms with van der Waals surface area (Å²) in [5, 5.41) is 0. The van der Waals surface area contributed by atoms with Crippen molar-refractivity contribution < 1.29 is 9.47 Å². The monoisotopic (exact) mass is 277 g/mol. The molecule has 0 aromatic heterocycles. The highest BCUT2D eigenvalue weighted by Gasteiger charge is 2.31. The number of ether oxygens (including phenoxy) is 2. The molecule has 1 aromatic carbocycles. The first-order valence-corrected chi connectivity index (χ1v) is 7.44. The van der Waals surface area contributed by atoms with Crippen molar-refractivity contribution >= 4 is 0 Å². The summed E-state index contributed by atoms with van der Waals surface area (Å²) in [6.07, 6.45) is 4.90. The molecule has 0 aliphatic heterocycles. The minimum atomic E-state index is 0.0481. The first kappa shape index (κ1) is 15.2. The van der Waals surface area contributed by atoms with E-state index in [1.165, 1.54) is 25.7 Å². The van der Waals surface area contributed by atoms with E-state index < -0.39 is 0 Å². The van der Waals surface area contributed by atoms with Gasteiger partial charge in [0.1, 0.15) is 11.5 Å². The molecule has 1 aliphatic rings. The third kappa shape index (κ3) is 3.26. The summed E-state index contributed by atoms with van der Waals surface area (Å²) in [4.78, 5) is 0. The summed E-state index contributed by atoms with van der Waals surface area (Å²) in [7, 11) is 3.35. The summed E-state index contributed by atoms with van der Waals surface area (Å²) < 4.78 is 10.7. The van der Waals surface area contributed by atoms with Gasteiger partial charge in [0.2, 0.25) is 0 Å². The van der Waals surface area contributed by atoms with Crippen LogP contribution >= 0.6 is 0 Å². The zero-order valence-electron chi connectivity index (χ0n) is 13.1. The van der Waals surface area contributed by atoms with Gasteiger partial charge < -0.3 is 15.2 Å². The minimum Gasteiger partial charge on any atom is -0.497 e. The van der Waals surface area contributed by atoms with E-state index in [4.69, 9.17) is 15.2 Å². The van der Waals surface area contributed by atoms with Gasteiger partial charge in [-0.15, -0.1) is 0 Å². The van der Waals surface area contributed by atoms with Crippen molar-refractivity contribution in [3.8, 4) is 11.5 Å². The van der Waals surface area contributed by atoms with Crippen LogP contribution in [0.5, 0.6) is 11.5 Å². The van der Waals surface area contributed by atoms with E-state index in [-0.39, 0.29) is 6.04 Å². The second-order valence-corrected chi connectivity index (χ2v) is 6.64. The SMILES string of the molecule is COc1ccc(C(N)C2CCC(C)(C)CC2)c(OC)c1. The molecule has 3 heteroatoms. The predicted molar refractivity (Wildman–Crippen MR) is 82.2 cm³/mol. The van der Waals surface area contributed by atoms with Crippen molar-refractivity contribution in [2.24, 2.45) is 17.1 Å². The molecule has 1 aliphatic carbocycles. The van der Waals surface area contributed by atoms with E-state index >= 15 is 0 Å². The third-order valence-electron chi connectivity index (χ3n) is 4.69. The lowest BCUT2D eigenvalue weighted by atomic mass is 9.70. The first-order valence-electron chi connectivity index (χ1n) is 7.44. The van der Waals surface area contributed by atoms with Crippen LogP contribution in [-0.2, 0) is 0 Å². The van der Waals surface area contributed by atoms with Crippen molar-refractivity contribution in [1.82, 2.24) is 0 Å². The van der Waals surface area contributed by atoms with Crippen LogP contribution in [0.4, 0.5) is 0 Å². The lowest BCUT2D eigenvalue weighted by molar-refractivity contribution is 0.172. The molecule has 20 heavy (non-hydrogen) atoms. The van der Waals surface area contributed by atoms with Crippen LogP contribution in [0.2, 0.25) is 0 Å². The summed E-state index contributed by atoms with van der Waals surface area (Å²) >= 11 is 0. The molecule has 1 fully saturated rings. The zero-order chi connectivity index (χ0) is 14.8. The molecule has 1 aromatic rings. The number of rotatable bonds is 4. The molecule has 1 saturated carbocycles. The van der Waals surface area contributed by atoms with Gasteiger partial charge in [-0.2, -0.15) is 0 Å². The van der Waals surface area contributed by atoms with Gasteiger partial charge in [-0.3, -0.25) is 0 Å². The Balaban J connectivity index is 2.15. The first-order chi connectivity index (χ1) is 9.46. The predicted octanol–water partition coefficient (Wildman–Crippen LogP) is 3.92. The molecule has 0 bridgehead atoms.